The molecule has 0 fully saturated rings. The van der Waals surface area contributed by atoms with Crippen LogP contribution in [0.3, 0.4) is 0 Å². The van der Waals surface area contributed by atoms with E-state index in [0.29, 0.717) is 24.4 Å². The molecule has 0 saturated carbocycles. The van der Waals surface area contributed by atoms with E-state index in [1.807, 2.05) is 20.0 Å². The summed E-state index contributed by atoms with van der Waals surface area (Å²) in [6.07, 6.45) is 3.63. The van der Waals surface area contributed by atoms with E-state index in [4.69, 9.17) is 4.74 Å². The van der Waals surface area contributed by atoms with Gasteiger partial charge in [-0.2, -0.15) is 0 Å². The lowest BCUT2D eigenvalue weighted by Gasteiger charge is -2.17. The van der Waals surface area contributed by atoms with Gasteiger partial charge in [-0.05, 0) is 26.3 Å². The van der Waals surface area contributed by atoms with Gasteiger partial charge in [-0.1, -0.05) is 13.8 Å². The first-order valence-corrected chi connectivity index (χ1v) is 6.26. The third kappa shape index (κ3) is 5.13. The fourth-order valence-electron chi connectivity index (χ4n) is 1.84. The van der Waals surface area contributed by atoms with E-state index in [1.165, 1.54) is 0 Å². The van der Waals surface area contributed by atoms with Crippen molar-refractivity contribution in [3.8, 4) is 5.88 Å². The average Bonchev–Trinajstić information content (AvgIpc) is 2.28. The van der Waals surface area contributed by atoms with Crippen LogP contribution in [-0.2, 0) is 6.42 Å². The van der Waals surface area contributed by atoms with Crippen LogP contribution in [0.1, 0.15) is 32.9 Å². The van der Waals surface area contributed by atoms with Crippen molar-refractivity contribution < 1.29 is 4.74 Å². The largest absolute Gasteiger partial charge is 0.478 e. The standard InChI is InChI=1S/C13H23N3O/c1-5-17-13-8-12(15-9-16-13)7-11(14-4)6-10(2)3/h8-11,14H,5-7H2,1-4H3. The maximum absolute atomic E-state index is 5.37. The Morgan fingerprint density at radius 1 is 1.35 bits per heavy atom. The quantitative estimate of drug-likeness (QED) is 0.788. The minimum Gasteiger partial charge on any atom is -0.478 e. The number of likely N-dealkylation sites (N-methyl/N-ethyl adjacent to an activating group) is 1. The Bertz CT molecular complexity index is 328. The van der Waals surface area contributed by atoms with Gasteiger partial charge in [0.05, 0.1) is 6.61 Å². The molecule has 0 bridgehead atoms. The van der Waals surface area contributed by atoms with E-state index in [9.17, 15) is 0 Å². The van der Waals surface area contributed by atoms with Gasteiger partial charge in [-0.3, -0.25) is 0 Å². The predicted octanol–water partition coefficient (Wildman–Crippen LogP) is 2.05. The molecule has 0 amide bonds. The first kappa shape index (κ1) is 13.9. The van der Waals surface area contributed by atoms with Gasteiger partial charge >= 0.3 is 0 Å². The summed E-state index contributed by atoms with van der Waals surface area (Å²) in [4.78, 5) is 8.36. The number of nitrogens with zero attached hydrogens (tertiary/aromatic N) is 2. The van der Waals surface area contributed by atoms with Crippen molar-refractivity contribution in [1.29, 1.82) is 0 Å². The monoisotopic (exact) mass is 237 g/mol. The Hall–Kier alpha value is -1.16. The second-order valence-electron chi connectivity index (χ2n) is 4.60. The van der Waals surface area contributed by atoms with Crippen LogP contribution >= 0.6 is 0 Å². The second kappa shape index (κ2) is 7.22. The molecule has 96 valence electrons. The third-order valence-corrected chi connectivity index (χ3v) is 2.61. The van der Waals surface area contributed by atoms with Crippen molar-refractivity contribution in [3.05, 3.63) is 18.1 Å². The molecule has 0 radical (unpaired) electrons. The lowest BCUT2D eigenvalue weighted by Crippen LogP contribution is -2.29. The number of nitrogens with one attached hydrogen (secondary N) is 1. The summed E-state index contributed by atoms with van der Waals surface area (Å²) in [5.41, 5.74) is 1.03. The van der Waals surface area contributed by atoms with E-state index in [1.54, 1.807) is 6.33 Å². The Morgan fingerprint density at radius 2 is 2.12 bits per heavy atom. The Kier molecular flexibility index (Phi) is 5.91. The molecule has 0 spiro atoms. The topological polar surface area (TPSA) is 47.0 Å². The maximum atomic E-state index is 5.37. The molecule has 1 atom stereocenters. The fourth-order valence-corrected chi connectivity index (χ4v) is 1.84. The second-order valence-corrected chi connectivity index (χ2v) is 4.60. The van der Waals surface area contributed by atoms with E-state index < -0.39 is 0 Å². The molecule has 4 nitrogen and oxygen atoms in total. The van der Waals surface area contributed by atoms with Crippen LogP contribution in [0.2, 0.25) is 0 Å². The molecule has 1 N–H and O–H groups in total. The highest BCUT2D eigenvalue weighted by atomic mass is 16.5. The Labute approximate surface area is 104 Å². The highest BCUT2D eigenvalue weighted by Gasteiger charge is 2.11. The predicted molar refractivity (Wildman–Crippen MR) is 69.2 cm³/mol. The van der Waals surface area contributed by atoms with Gasteiger partial charge in [-0.25, -0.2) is 9.97 Å². The highest BCUT2D eigenvalue weighted by molar-refractivity contribution is 5.14. The number of aromatic nitrogens is 2. The van der Waals surface area contributed by atoms with Crippen LogP contribution in [0.4, 0.5) is 0 Å². The number of hydrogen-bond donors (Lipinski definition) is 1. The van der Waals surface area contributed by atoms with Gasteiger partial charge in [-0.15, -0.1) is 0 Å². The van der Waals surface area contributed by atoms with Crippen LogP contribution in [0.25, 0.3) is 0 Å². The number of hydrogen-bond acceptors (Lipinski definition) is 4. The first-order valence-electron chi connectivity index (χ1n) is 6.26. The number of ether oxygens (including phenoxy) is 1. The normalized spacial score (nSPS) is 12.8. The van der Waals surface area contributed by atoms with Crippen LogP contribution in [-0.4, -0.2) is 29.7 Å². The third-order valence-electron chi connectivity index (χ3n) is 2.61. The van der Waals surface area contributed by atoms with Gasteiger partial charge < -0.3 is 10.1 Å². The average molecular weight is 237 g/mol. The van der Waals surface area contributed by atoms with E-state index in [2.05, 4.69) is 29.1 Å². The molecule has 1 unspecified atom stereocenters. The van der Waals surface area contributed by atoms with Crippen molar-refractivity contribution in [1.82, 2.24) is 15.3 Å². The molecule has 0 aliphatic carbocycles. The first-order chi connectivity index (χ1) is 8.15. The minimum atomic E-state index is 0.458. The SMILES string of the molecule is CCOc1cc(CC(CC(C)C)NC)ncn1. The number of rotatable bonds is 7. The van der Waals surface area contributed by atoms with Crippen molar-refractivity contribution in [2.75, 3.05) is 13.7 Å². The summed E-state index contributed by atoms with van der Waals surface area (Å²) in [7, 11) is 2.00. The van der Waals surface area contributed by atoms with Gasteiger partial charge in [0.2, 0.25) is 5.88 Å². The molecule has 0 aliphatic heterocycles. The zero-order valence-corrected chi connectivity index (χ0v) is 11.2. The molecule has 1 heterocycles. The van der Waals surface area contributed by atoms with Crippen LogP contribution in [0.5, 0.6) is 5.88 Å². The van der Waals surface area contributed by atoms with E-state index >= 15 is 0 Å². The highest BCUT2D eigenvalue weighted by Crippen LogP contribution is 2.12. The molecule has 0 aliphatic rings. The lowest BCUT2D eigenvalue weighted by molar-refractivity contribution is 0.325. The molecule has 4 heteroatoms. The van der Waals surface area contributed by atoms with E-state index in [-0.39, 0.29) is 0 Å². The molecule has 1 rings (SSSR count). The van der Waals surface area contributed by atoms with Crippen LogP contribution < -0.4 is 10.1 Å². The fraction of sp³-hybridized carbons (Fsp3) is 0.692. The maximum Gasteiger partial charge on any atom is 0.216 e. The molecular formula is C13H23N3O. The van der Waals surface area contributed by atoms with Crippen LogP contribution in [0.15, 0.2) is 12.4 Å². The summed E-state index contributed by atoms with van der Waals surface area (Å²) in [6, 6.07) is 2.38. The summed E-state index contributed by atoms with van der Waals surface area (Å²) < 4.78 is 5.37. The lowest BCUT2D eigenvalue weighted by atomic mass is 10.00. The van der Waals surface area contributed by atoms with Crippen molar-refractivity contribution in [2.24, 2.45) is 5.92 Å². The van der Waals surface area contributed by atoms with Gasteiger partial charge in [0, 0.05) is 24.2 Å². The van der Waals surface area contributed by atoms with E-state index in [0.717, 1.165) is 18.5 Å². The molecule has 1 aromatic rings. The minimum absolute atomic E-state index is 0.458. The van der Waals surface area contributed by atoms with Gasteiger partial charge in [0.25, 0.3) is 0 Å². The zero-order chi connectivity index (χ0) is 12.7. The summed E-state index contributed by atoms with van der Waals surface area (Å²) in [6.45, 7) is 7.06. The zero-order valence-electron chi connectivity index (χ0n) is 11.2. The van der Waals surface area contributed by atoms with Crippen molar-refractivity contribution in [3.63, 3.8) is 0 Å². The smallest absolute Gasteiger partial charge is 0.216 e. The Balaban J connectivity index is 2.62. The molecule has 0 aromatic carbocycles. The Morgan fingerprint density at radius 3 is 2.71 bits per heavy atom. The summed E-state index contributed by atoms with van der Waals surface area (Å²) in [5.74, 6) is 1.34. The van der Waals surface area contributed by atoms with Crippen molar-refractivity contribution >= 4 is 0 Å². The molecular weight excluding hydrogens is 214 g/mol. The molecule has 17 heavy (non-hydrogen) atoms. The van der Waals surface area contributed by atoms with Crippen LogP contribution in [0, 0.1) is 5.92 Å². The van der Waals surface area contributed by atoms with Gasteiger partial charge in [0.15, 0.2) is 0 Å². The molecule has 0 saturated heterocycles. The molecule has 1 aromatic heterocycles. The summed E-state index contributed by atoms with van der Waals surface area (Å²) >= 11 is 0. The summed E-state index contributed by atoms with van der Waals surface area (Å²) in [5, 5.41) is 3.33. The van der Waals surface area contributed by atoms with Crippen molar-refractivity contribution in [2.45, 2.75) is 39.7 Å². The van der Waals surface area contributed by atoms with Gasteiger partial charge in [0.1, 0.15) is 6.33 Å².